The van der Waals surface area contributed by atoms with E-state index >= 15 is 0 Å². The minimum absolute atomic E-state index is 0.120. The van der Waals surface area contributed by atoms with Crippen LogP contribution in [-0.4, -0.2) is 56.3 Å². The molecule has 1 atom stereocenters. The van der Waals surface area contributed by atoms with E-state index in [1.807, 2.05) is 29.8 Å². The fourth-order valence-corrected chi connectivity index (χ4v) is 6.14. The number of para-hydroxylation sites is 1. The number of piperazine rings is 1. The zero-order valence-electron chi connectivity index (χ0n) is 22.0. The summed E-state index contributed by atoms with van der Waals surface area (Å²) in [5.74, 6) is 0.500. The van der Waals surface area contributed by atoms with Crippen LogP contribution in [0.2, 0.25) is 0 Å². The van der Waals surface area contributed by atoms with Gasteiger partial charge in [0.1, 0.15) is 11.9 Å². The SMILES string of the molecule is Cc1ccc2cc(C(c3nnnn3C3CCCCC3)N3CCN(c4ccccc4F)CC3)c(=O)[nH]c2c1C. The van der Waals surface area contributed by atoms with Gasteiger partial charge in [0, 0.05) is 31.7 Å². The van der Waals surface area contributed by atoms with Crippen molar-refractivity contribution in [3.8, 4) is 0 Å². The summed E-state index contributed by atoms with van der Waals surface area (Å²) in [6.45, 7) is 6.69. The minimum atomic E-state index is -0.399. The number of aromatic amines is 1. The van der Waals surface area contributed by atoms with Crippen LogP contribution in [0.3, 0.4) is 0 Å². The van der Waals surface area contributed by atoms with Crippen LogP contribution >= 0.6 is 0 Å². The van der Waals surface area contributed by atoms with Crippen LogP contribution in [0, 0.1) is 19.7 Å². The fourth-order valence-electron chi connectivity index (χ4n) is 6.14. The molecule has 1 saturated heterocycles. The summed E-state index contributed by atoms with van der Waals surface area (Å²) >= 11 is 0. The number of hydrogen-bond acceptors (Lipinski definition) is 6. The van der Waals surface area contributed by atoms with Crippen LogP contribution in [0.1, 0.15) is 66.7 Å². The number of hydrogen-bond donors (Lipinski definition) is 1. The molecule has 6 rings (SSSR count). The van der Waals surface area contributed by atoms with Gasteiger partial charge in [0.25, 0.3) is 5.56 Å². The number of aryl methyl sites for hydroxylation is 2. The highest BCUT2D eigenvalue weighted by molar-refractivity contribution is 5.83. The quantitative estimate of drug-likeness (QED) is 0.415. The van der Waals surface area contributed by atoms with Crippen molar-refractivity contribution < 1.29 is 4.39 Å². The molecule has 0 spiro atoms. The Bertz CT molecular complexity index is 1500. The first kappa shape index (κ1) is 24.7. The molecule has 2 fully saturated rings. The number of aromatic nitrogens is 5. The van der Waals surface area contributed by atoms with Crippen molar-refractivity contribution >= 4 is 16.6 Å². The largest absolute Gasteiger partial charge is 0.367 e. The van der Waals surface area contributed by atoms with Gasteiger partial charge in [0.05, 0.1) is 17.2 Å². The van der Waals surface area contributed by atoms with Gasteiger partial charge in [-0.1, -0.05) is 43.5 Å². The van der Waals surface area contributed by atoms with Gasteiger partial charge in [-0.05, 0) is 71.8 Å². The smallest absolute Gasteiger partial charge is 0.253 e. The second-order valence-electron chi connectivity index (χ2n) is 10.7. The molecular formula is C29H34FN7O. The van der Waals surface area contributed by atoms with Crippen molar-refractivity contribution in [1.82, 2.24) is 30.1 Å². The summed E-state index contributed by atoms with van der Waals surface area (Å²) in [7, 11) is 0. The van der Waals surface area contributed by atoms with Crippen LogP contribution in [0.4, 0.5) is 10.1 Å². The summed E-state index contributed by atoms with van der Waals surface area (Å²) in [5.41, 5.74) is 4.23. The van der Waals surface area contributed by atoms with E-state index in [1.54, 1.807) is 6.07 Å². The Morgan fingerprint density at radius 3 is 2.53 bits per heavy atom. The Balaban J connectivity index is 1.40. The van der Waals surface area contributed by atoms with Gasteiger partial charge in [0.2, 0.25) is 0 Å². The molecular weight excluding hydrogens is 481 g/mol. The molecule has 1 aliphatic heterocycles. The Hall–Kier alpha value is -3.59. The maximum atomic E-state index is 14.5. The lowest BCUT2D eigenvalue weighted by atomic mass is 9.94. The highest BCUT2D eigenvalue weighted by Gasteiger charge is 2.34. The zero-order valence-corrected chi connectivity index (χ0v) is 22.0. The summed E-state index contributed by atoms with van der Waals surface area (Å²) in [6, 6.07) is 12.9. The fraction of sp³-hybridized carbons (Fsp3) is 0.448. The molecule has 0 radical (unpaired) electrons. The molecule has 1 unspecified atom stereocenters. The van der Waals surface area contributed by atoms with Crippen LogP contribution in [0.15, 0.2) is 47.3 Å². The van der Waals surface area contributed by atoms with Gasteiger partial charge in [-0.25, -0.2) is 9.07 Å². The number of fused-ring (bicyclic) bond motifs is 1. The average Bonchev–Trinajstić information content (AvgIpc) is 3.42. The molecule has 9 heteroatoms. The summed E-state index contributed by atoms with van der Waals surface area (Å²) in [5, 5.41) is 14.0. The number of H-pyrrole nitrogens is 1. The average molecular weight is 516 g/mol. The maximum Gasteiger partial charge on any atom is 0.253 e. The third-order valence-corrected chi connectivity index (χ3v) is 8.43. The van der Waals surface area contributed by atoms with Gasteiger partial charge in [-0.15, -0.1) is 5.10 Å². The van der Waals surface area contributed by atoms with Crippen LogP contribution < -0.4 is 10.5 Å². The van der Waals surface area contributed by atoms with Crippen molar-refractivity contribution in [2.75, 3.05) is 31.1 Å². The molecule has 2 aromatic heterocycles. The van der Waals surface area contributed by atoms with Crippen molar-refractivity contribution in [2.24, 2.45) is 0 Å². The Morgan fingerprint density at radius 2 is 1.76 bits per heavy atom. The summed E-state index contributed by atoms with van der Waals surface area (Å²) < 4.78 is 16.5. The predicted molar refractivity (Wildman–Crippen MR) is 146 cm³/mol. The van der Waals surface area contributed by atoms with E-state index in [0.717, 1.165) is 47.7 Å². The third-order valence-electron chi connectivity index (χ3n) is 8.43. The lowest BCUT2D eigenvalue weighted by Crippen LogP contribution is -2.49. The van der Waals surface area contributed by atoms with E-state index in [4.69, 9.17) is 0 Å². The van der Waals surface area contributed by atoms with Crippen LogP contribution in [0.25, 0.3) is 10.9 Å². The molecule has 0 bridgehead atoms. The second kappa shape index (κ2) is 10.3. The first-order chi connectivity index (χ1) is 18.5. The predicted octanol–water partition coefficient (Wildman–Crippen LogP) is 4.69. The van der Waals surface area contributed by atoms with Gasteiger partial charge >= 0.3 is 0 Å². The number of benzene rings is 2. The topological polar surface area (TPSA) is 82.9 Å². The number of rotatable bonds is 5. The number of tetrazole rings is 1. The van der Waals surface area contributed by atoms with Crippen molar-refractivity contribution in [3.63, 3.8) is 0 Å². The third kappa shape index (κ3) is 4.49. The first-order valence-electron chi connectivity index (χ1n) is 13.7. The molecule has 1 aliphatic carbocycles. The lowest BCUT2D eigenvalue weighted by Gasteiger charge is -2.40. The highest BCUT2D eigenvalue weighted by Crippen LogP contribution is 2.34. The van der Waals surface area contributed by atoms with Crippen molar-refractivity contribution in [2.45, 2.75) is 58.0 Å². The molecule has 2 aromatic carbocycles. The van der Waals surface area contributed by atoms with E-state index in [2.05, 4.69) is 49.4 Å². The summed E-state index contributed by atoms with van der Waals surface area (Å²) in [6.07, 6.45) is 5.63. The van der Waals surface area contributed by atoms with E-state index in [1.165, 1.54) is 12.5 Å². The van der Waals surface area contributed by atoms with Gasteiger partial charge in [-0.2, -0.15) is 0 Å². The molecule has 2 aliphatic rings. The molecule has 3 heterocycles. The van der Waals surface area contributed by atoms with Crippen LogP contribution in [0.5, 0.6) is 0 Å². The van der Waals surface area contributed by atoms with Gasteiger partial charge in [-0.3, -0.25) is 9.69 Å². The monoisotopic (exact) mass is 515 g/mol. The second-order valence-corrected chi connectivity index (χ2v) is 10.7. The number of nitrogens with zero attached hydrogens (tertiary/aromatic N) is 6. The molecule has 4 aromatic rings. The maximum absolute atomic E-state index is 14.5. The number of anilines is 1. The zero-order chi connectivity index (χ0) is 26.2. The van der Waals surface area contributed by atoms with E-state index in [-0.39, 0.29) is 17.4 Å². The first-order valence-corrected chi connectivity index (χ1v) is 13.7. The molecule has 1 N–H and O–H groups in total. The lowest BCUT2D eigenvalue weighted by molar-refractivity contribution is 0.192. The Labute approximate surface area is 221 Å². The van der Waals surface area contributed by atoms with Gasteiger partial charge < -0.3 is 9.88 Å². The number of halogens is 1. The molecule has 8 nitrogen and oxygen atoms in total. The molecule has 1 saturated carbocycles. The summed E-state index contributed by atoms with van der Waals surface area (Å²) in [4.78, 5) is 21.2. The van der Waals surface area contributed by atoms with Crippen LogP contribution in [-0.2, 0) is 0 Å². The normalized spacial score (nSPS) is 18.2. The number of pyridine rings is 1. The van der Waals surface area contributed by atoms with Crippen molar-refractivity contribution in [3.05, 3.63) is 81.2 Å². The minimum Gasteiger partial charge on any atom is -0.367 e. The molecule has 198 valence electrons. The van der Waals surface area contributed by atoms with E-state index in [9.17, 15) is 9.18 Å². The molecule has 38 heavy (non-hydrogen) atoms. The molecule has 0 amide bonds. The number of nitrogens with one attached hydrogen (secondary N) is 1. The van der Waals surface area contributed by atoms with Gasteiger partial charge in [0.15, 0.2) is 5.82 Å². The van der Waals surface area contributed by atoms with E-state index < -0.39 is 6.04 Å². The van der Waals surface area contributed by atoms with Crippen molar-refractivity contribution in [1.29, 1.82) is 0 Å². The highest BCUT2D eigenvalue weighted by atomic mass is 19.1. The standard InChI is InChI=1S/C29H34FN7O/c1-19-12-13-21-18-23(29(38)31-26(21)20(19)2)27(28-32-33-34-37(28)22-8-4-3-5-9-22)36-16-14-35(15-17-36)25-11-7-6-10-24(25)30/h6-7,10-13,18,22,27H,3-5,8-9,14-17H2,1-2H3,(H,31,38). The van der Waals surface area contributed by atoms with E-state index in [0.29, 0.717) is 43.3 Å². The Kier molecular flexibility index (Phi) is 6.69. The Morgan fingerprint density at radius 1 is 1.00 bits per heavy atom.